The Balaban J connectivity index is 1.36. The lowest BCUT2D eigenvalue weighted by Crippen LogP contribution is -2.34. The largest absolute Gasteiger partial charge is 0.496 e. The quantitative estimate of drug-likeness (QED) is 0.701. The van der Waals surface area contributed by atoms with Crippen LogP contribution >= 0.6 is 0 Å². The Labute approximate surface area is 163 Å². The normalized spacial score (nSPS) is 14.7. The molecule has 0 unspecified atom stereocenters. The van der Waals surface area contributed by atoms with Crippen LogP contribution in [0.4, 0.5) is 0 Å². The van der Waals surface area contributed by atoms with Crippen molar-refractivity contribution in [2.75, 3.05) is 13.7 Å². The van der Waals surface area contributed by atoms with Gasteiger partial charge in [-0.05, 0) is 42.5 Å². The van der Waals surface area contributed by atoms with Crippen molar-refractivity contribution in [2.24, 2.45) is 0 Å². The van der Waals surface area contributed by atoms with E-state index in [9.17, 15) is 4.79 Å². The number of fused-ring (bicyclic) bond motifs is 1. The van der Waals surface area contributed by atoms with Gasteiger partial charge in [0, 0.05) is 12.0 Å². The number of ether oxygens (including phenoxy) is 3. The summed E-state index contributed by atoms with van der Waals surface area (Å²) >= 11 is 0. The number of carbonyl (C=O) groups excluding carboxylic acids is 1. The highest BCUT2D eigenvalue weighted by molar-refractivity contribution is 5.96. The molecule has 1 heterocycles. The van der Waals surface area contributed by atoms with Crippen molar-refractivity contribution in [3.63, 3.8) is 0 Å². The predicted octanol–water partition coefficient (Wildman–Crippen LogP) is 4.22. The van der Waals surface area contributed by atoms with Crippen LogP contribution in [0.25, 0.3) is 0 Å². The third-order valence-electron chi connectivity index (χ3n) is 4.59. The minimum Gasteiger partial charge on any atom is -0.496 e. The number of rotatable bonds is 6. The van der Waals surface area contributed by atoms with Crippen molar-refractivity contribution in [3.05, 3.63) is 83.9 Å². The number of amides is 1. The number of carbonyl (C=O) groups is 1. The van der Waals surface area contributed by atoms with Gasteiger partial charge in [-0.25, -0.2) is 0 Å². The molecule has 0 radical (unpaired) electrons. The lowest BCUT2D eigenvalue weighted by atomic mass is 10.1. The monoisotopic (exact) mass is 375 g/mol. The van der Waals surface area contributed by atoms with Crippen LogP contribution in [0.5, 0.6) is 23.0 Å². The molecule has 0 spiro atoms. The molecule has 4 rings (SSSR count). The van der Waals surface area contributed by atoms with Crippen LogP contribution in [0, 0.1) is 0 Å². The molecule has 1 amide bonds. The summed E-state index contributed by atoms with van der Waals surface area (Å²) in [6, 6.07) is 22.6. The third-order valence-corrected chi connectivity index (χ3v) is 4.59. The molecule has 1 atom stereocenters. The average Bonchev–Trinajstić information content (AvgIpc) is 3.15. The summed E-state index contributed by atoms with van der Waals surface area (Å²) in [6.07, 6.45) is 0.605. The number of para-hydroxylation sites is 2. The lowest BCUT2D eigenvalue weighted by Gasteiger charge is -2.13. The van der Waals surface area contributed by atoms with E-state index in [1.54, 1.807) is 19.2 Å². The van der Waals surface area contributed by atoms with E-state index in [1.807, 2.05) is 60.7 Å². The minimum absolute atomic E-state index is 0.111. The van der Waals surface area contributed by atoms with Gasteiger partial charge in [-0.15, -0.1) is 0 Å². The first kappa shape index (κ1) is 17.9. The fraction of sp³-hybridized carbons (Fsp3) is 0.174. The molecular weight excluding hydrogens is 354 g/mol. The second-order valence-corrected chi connectivity index (χ2v) is 6.54. The van der Waals surface area contributed by atoms with Gasteiger partial charge in [0.2, 0.25) is 0 Å². The van der Waals surface area contributed by atoms with Gasteiger partial charge in [0.05, 0.1) is 19.2 Å². The maximum Gasteiger partial charge on any atom is 0.255 e. The van der Waals surface area contributed by atoms with Crippen molar-refractivity contribution in [2.45, 2.75) is 12.5 Å². The van der Waals surface area contributed by atoms with E-state index in [1.165, 1.54) is 0 Å². The summed E-state index contributed by atoms with van der Waals surface area (Å²) < 4.78 is 17.1. The Bertz CT molecular complexity index is 971. The average molecular weight is 375 g/mol. The number of hydrogen-bond donors (Lipinski definition) is 1. The zero-order valence-corrected chi connectivity index (χ0v) is 15.6. The standard InChI is InChI=1S/C23H21NO4/c1-26-22-10-6-5-9-20(22)23(25)24-15-19-14-16-13-18(11-12-21(16)28-19)27-17-7-3-2-4-8-17/h2-13,19H,14-15H2,1H3,(H,24,25)/t19-/m1/s1. The van der Waals surface area contributed by atoms with E-state index in [0.29, 0.717) is 24.3 Å². The van der Waals surface area contributed by atoms with Crippen LogP contribution in [-0.2, 0) is 6.42 Å². The van der Waals surface area contributed by atoms with Crippen LogP contribution in [0.1, 0.15) is 15.9 Å². The summed E-state index contributed by atoms with van der Waals surface area (Å²) in [4.78, 5) is 12.4. The van der Waals surface area contributed by atoms with E-state index < -0.39 is 0 Å². The van der Waals surface area contributed by atoms with Crippen LogP contribution in [-0.4, -0.2) is 25.7 Å². The van der Waals surface area contributed by atoms with E-state index in [0.717, 1.165) is 22.8 Å². The third kappa shape index (κ3) is 3.93. The molecule has 28 heavy (non-hydrogen) atoms. The van der Waals surface area contributed by atoms with Crippen molar-refractivity contribution < 1.29 is 19.0 Å². The van der Waals surface area contributed by atoms with Crippen molar-refractivity contribution in [1.82, 2.24) is 5.32 Å². The maximum absolute atomic E-state index is 12.4. The molecule has 3 aromatic rings. The van der Waals surface area contributed by atoms with Crippen LogP contribution in [0.2, 0.25) is 0 Å². The van der Waals surface area contributed by atoms with Gasteiger partial charge >= 0.3 is 0 Å². The summed E-state index contributed by atoms with van der Waals surface area (Å²) in [6.45, 7) is 0.417. The van der Waals surface area contributed by atoms with E-state index in [-0.39, 0.29) is 12.0 Å². The van der Waals surface area contributed by atoms with Crippen molar-refractivity contribution in [1.29, 1.82) is 0 Å². The summed E-state index contributed by atoms with van der Waals surface area (Å²) in [7, 11) is 1.55. The number of benzene rings is 3. The summed E-state index contributed by atoms with van der Waals surface area (Å²) in [5.41, 5.74) is 1.59. The Morgan fingerprint density at radius 2 is 1.82 bits per heavy atom. The zero-order valence-electron chi connectivity index (χ0n) is 15.6. The maximum atomic E-state index is 12.4. The Hall–Kier alpha value is -3.47. The molecule has 142 valence electrons. The van der Waals surface area contributed by atoms with Gasteiger partial charge in [-0.2, -0.15) is 0 Å². The first-order valence-electron chi connectivity index (χ1n) is 9.16. The fourth-order valence-corrected chi connectivity index (χ4v) is 3.23. The molecule has 0 bridgehead atoms. The smallest absolute Gasteiger partial charge is 0.255 e. The minimum atomic E-state index is -0.176. The molecule has 3 aromatic carbocycles. The van der Waals surface area contributed by atoms with Crippen LogP contribution < -0.4 is 19.5 Å². The highest BCUT2D eigenvalue weighted by atomic mass is 16.5. The van der Waals surface area contributed by atoms with Crippen molar-refractivity contribution in [3.8, 4) is 23.0 Å². The Morgan fingerprint density at radius 1 is 1.04 bits per heavy atom. The topological polar surface area (TPSA) is 56.8 Å². The lowest BCUT2D eigenvalue weighted by molar-refractivity contribution is 0.0930. The van der Waals surface area contributed by atoms with Gasteiger partial charge < -0.3 is 19.5 Å². The molecule has 5 nitrogen and oxygen atoms in total. The fourth-order valence-electron chi connectivity index (χ4n) is 3.23. The highest BCUT2D eigenvalue weighted by Crippen LogP contribution is 2.33. The van der Waals surface area contributed by atoms with Gasteiger partial charge in [0.1, 0.15) is 29.1 Å². The van der Waals surface area contributed by atoms with Gasteiger partial charge in [0.15, 0.2) is 0 Å². The first-order valence-corrected chi connectivity index (χ1v) is 9.16. The predicted molar refractivity (Wildman–Crippen MR) is 106 cm³/mol. The number of hydrogen-bond acceptors (Lipinski definition) is 4. The van der Waals surface area contributed by atoms with Gasteiger partial charge in [-0.3, -0.25) is 4.79 Å². The van der Waals surface area contributed by atoms with Crippen LogP contribution in [0.15, 0.2) is 72.8 Å². The highest BCUT2D eigenvalue weighted by Gasteiger charge is 2.24. The molecule has 0 aromatic heterocycles. The second kappa shape index (κ2) is 8.05. The molecule has 0 saturated carbocycles. The van der Waals surface area contributed by atoms with Gasteiger partial charge in [0.25, 0.3) is 5.91 Å². The second-order valence-electron chi connectivity index (χ2n) is 6.54. The zero-order chi connectivity index (χ0) is 19.3. The Kier molecular flexibility index (Phi) is 5.15. The molecule has 0 fully saturated rings. The van der Waals surface area contributed by atoms with Crippen LogP contribution in [0.3, 0.4) is 0 Å². The first-order chi connectivity index (χ1) is 13.7. The molecule has 0 saturated heterocycles. The SMILES string of the molecule is COc1ccccc1C(=O)NC[C@H]1Cc2cc(Oc3ccccc3)ccc2O1. The molecule has 1 aliphatic rings. The summed E-state index contributed by atoms with van der Waals surface area (Å²) in [5.74, 6) is 2.77. The van der Waals surface area contributed by atoms with Crippen molar-refractivity contribution >= 4 is 5.91 Å². The van der Waals surface area contributed by atoms with E-state index in [2.05, 4.69) is 5.32 Å². The summed E-state index contributed by atoms with van der Waals surface area (Å²) in [5, 5.41) is 2.93. The molecule has 1 N–H and O–H groups in total. The molecule has 1 aliphatic heterocycles. The van der Waals surface area contributed by atoms with Gasteiger partial charge in [-0.1, -0.05) is 30.3 Å². The molecular formula is C23H21NO4. The number of nitrogens with one attached hydrogen (secondary N) is 1. The van der Waals surface area contributed by atoms with E-state index in [4.69, 9.17) is 14.2 Å². The molecule has 0 aliphatic carbocycles. The Morgan fingerprint density at radius 3 is 2.64 bits per heavy atom. The number of methoxy groups -OCH3 is 1. The molecule has 5 heteroatoms. The van der Waals surface area contributed by atoms with E-state index >= 15 is 0 Å².